The van der Waals surface area contributed by atoms with Crippen LogP contribution in [0.15, 0.2) is 71.6 Å². The Morgan fingerprint density at radius 3 is 2.36 bits per heavy atom. The number of fused-ring (bicyclic) bond motifs is 1. The van der Waals surface area contributed by atoms with Gasteiger partial charge in [-0.25, -0.2) is 13.1 Å². The quantitative estimate of drug-likeness (QED) is 0.488. The van der Waals surface area contributed by atoms with Gasteiger partial charge in [0.15, 0.2) is 0 Å². The van der Waals surface area contributed by atoms with E-state index < -0.39 is 27.4 Å². The molecule has 4 rings (SSSR count). The molecule has 8 nitrogen and oxygen atoms in total. The van der Waals surface area contributed by atoms with Gasteiger partial charge in [0.2, 0.25) is 10.0 Å². The molecule has 0 unspecified atom stereocenters. The van der Waals surface area contributed by atoms with Crippen molar-refractivity contribution in [2.45, 2.75) is 31.2 Å². The number of sulfonamides is 1. The molecular formula is C27H25N3O5S. The van der Waals surface area contributed by atoms with Crippen molar-refractivity contribution in [3.63, 3.8) is 0 Å². The van der Waals surface area contributed by atoms with E-state index in [4.69, 9.17) is 10.00 Å². The van der Waals surface area contributed by atoms with E-state index in [2.05, 4.69) is 4.72 Å². The summed E-state index contributed by atoms with van der Waals surface area (Å²) in [5.74, 6) is -0.444. The van der Waals surface area contributed by atoms with Crippen molar-refractivity contribution in [2.75, 3.05) is 13.2 Å². The highest BCUT2D eigenvalue weighted by Gasteiger charge is 2.36. The van der Waals surface area contributed by atoms with Crippen molar-refractivity contribution in [2.24, 2.45) is 0 Å². The van der Waals surface area contributed by atoms with Gasteiger partial charge >= 0.3 is 0 Å². The summed E-state index contributed by atoms with van der Waals surface area (Å²) in [5, 5.41) is 9.01. The molecule has 0 saturated carbocycles. The Morgan fingerprint density at radius 2 is 1.64 bits per heavy atom. The van der Waals surface area contributed by atoms with Crippen LogP contribution < -0.4 is 9.46 Å². The second kappa shape index (κ2) is 9.57. The molecule has 184 valence electrons. The molecule has 36 heavy (non-hydrogen) atoms. The normalized spacial score (nSPS) is 13.4. The summed E-state index contributed by atoms with van der Waals surface area (Å²) in [6, 6.07) is 19.9. The topological polar surface area (TPSA) is 117 Å². The average Bonchev–Trinajstić information content (AvgIpc) is 3.07. The number of amides is 2. The zero-order valence-electron chi connectivity index (χ0n) is 20.1. The van der Waals surface area contributed by atoms with Crippen LogP contribution in [0.1, 0.15) is 47.1 Å². The van der Waals surface area contributed by atoms with E-state index in [1.165, 1.54) is 6.07 Å². The van der Waals surface area contributed by atoms with Crippen LogP contribution in [0, 0.1) is 11.3 Å². The van der Waals surface area contributed by atoms with Crippen molar-refractivity contribution in [3.05, 3.63) is 83.4 Å². The fourth-order valence-electron chi connectivity index (χ4n) is 3.97. The number of rotatable bonds is 7. The number of benzene rings is 3. The lowest BCUT2D eigenvalue weighted by molar-refractivity contribution is 0.0631. The molecule has 2 amide bonds. The molecule has 1 N–H and O–H groups in total. The highest BCUT2D eigenvalue weighted by Crippen LogP contribution is 2.32. The second-order valence-electron chi connectivity index (χ2n) is 9.36. The van der Waals surface area contributed by atoms with Gasteiger partial charge in [-0.3, -0.25) is 14.5 Å². The number of carbonyl (C=O) groups excluding carboxylic acids is 2. The third-order valence-corrected chi connectivity index (χ3v) is 7.26. The SMILES string of the molecule is CC(C)(C)NS(=O)(=O)c1ccccc1-c1ccc2c(c1)C(=O)N(CCOc1cccc(C#N)c1)C2=O. The summed E-state index contributed by atoms with van der Waals surface area (Å²) in [6.07, 6.45) is 0. The fourth-order valence-corrected chi connectivity index (χ4v) is 5.62. The number of nitriles is 1. The predicted molar refractivity (Wildman–Crippen MR) is 134 cm³/mol. The summed E-state index contributed by atoms with van der Waals surface area (Å²) in [7, 11) is -3.84. The molecule has 0 bridgehead atoms. The van der Waals surface area contributed by atoms with E-state index in [0.29, 0.717) is 22.4 Å². The maximum atomic E-state index is 13.1. The average molecular weight is 504 g/mol. The molecule has 9 heteroatoms. The molecule has 0 radical (unpaired) electrons. The van der Waals surface area contributed by atoms with Crippen molar-refractivity contribution < 1.29 is 22.7 Å². The van der Waals surface area contributed by atoms with Crippen LogP contribution >= 0.6 is 0 Å². The number of nitrogens with zero attached hydrogens (tertiary/aromatic N) is 2. The van der Waals surface area contributed by atoms with Gasteiger partial charge in [-0.1, -0.05) is 30.3 Å². The fraction of sp³-hybridized carbons (Fsp3) is 0.222. The summed E-state index contributed by atoms with van der Waals surface area (Å²) >= 11 is 0. The molecular weight excluding hydrogens is 478 g/mol. The smallest absolute Gasteiger partial charge is 0.261 e. The Hall–Kier alpha value is -4.00. The lowest BCUT2D eigenvalue weighted by Crippen LogP contribution is -2.40. The van der Waals surface area contributed by atoms with Crippen LogP contribution in [0.4, 0.5) is 0 Å². The van der Waals surface area contributed by atoms with Crippen LogP contribution in [0.25, 0.3) is 11.1 Å². The molecule has 0 saturated heterocycles. The number of hydrogen-bond donors (Lipinski definition) is 1. The standard InChI is InChI=1S/C27H25N3O5S/c1-27(2,3)29-36(33,34)24-10-5-4-9-21(24)19-11-12-22-23(16-19)26(32)30(25(22)31)13-14-35-20-8-6-7-18(15-20)17-28/h4-12,15-16,29H,13-14H2,1-3H3. The minimum Gasteiger partial charge on any atom is -0.492 e. The lowest BCUT2D eigenvalue weighted by atomic mass is 10.0. The molecule has 0 aromatic heterocycles. The van der Waals surface area contributed by atoms with Gasteiger partial charge in [0, 0.05) is 11.1 Å². The third kappa shape index (κ3) is 5.15. The highest BCUT2D eigenvalue weighted by molar-refractivity contribution is 7.89. The van der Waals surface area contributed by atoms with Gasteiger partial charge in [0.05, 0.1) is 34.2 Å². The number of hydrogen-bond acceptors (Lipinski definition) is 6. The minimum atomic E-state index is -3.84. The van der Waals surface area contributed by atoms with Gasteiger partial charge in [-0.2, -0.15) is 5.26 Å². The van der Waals surface area contributed by atoms with Gasteiger partial charge in [-0.05, 0) is 62.7 Å². The van der Waals surface area contributed by atoms with Gasteiger partial charge in [0.1, 0.15) is 12.4 Å². The summed E-state index contributed by atoms with van der Waals surface area (Å²) in [5.41, 5.74) is 1.17. The summed E-state index contributed by atoms with van der Waals surface area (Å²) in [6.45, 7) is 5.35. The first kappa shape index (κ1) is 25.1. The van der Waals surface area contributed by atoms with E-state index in [9.17, 15) is 18.0 Å². The molecule has 0 atom stereocenters. The van der Waals surface area contributed by atoms with Gasteiger partial charge in [-0.15, -0.1) is 0 Å². The van der Waals surface area contributed by atoms with Crippen molar-refractivity contribution in [3.8, 4) is 22.9 Å². The van der Waals surface area contributed by atoms with Gasteiger partial charge in [0.25, 0.3) is 11.8 Å². The highest BCUT2D eigenvalue weighted by atomic mass is 32.2. The van der Waals surface area contributed by atoms with Crippen molar-refractivity contribution >= 4 is 21.8 Å². The van der Waals surface area contributed by atoms with Crippen molar-refractivity contribution in [1.82, 2.24) is 9.62 Å². The molecule has 0 fully saturated rings. The first-order valence-corrected chi connectivity index (χ1v) is 12.7. The minimum absolute atomic E-state index is 0.0267. The number of nitrogens with one attached hydrogen (secondary N) is 1. The van der Waals surface area contributed by atoms with Gasteiger partial charge < -0.3 is 4.74 Å². The molecule has 3 aromatic rings. The zero-order chi connectivity index (χ0) is 26.1. The molecule has 1 aliphatic heterocycles. The second-order valence-corrected chi connectivity index (χ2v) is 11.0. The number of imide groups is 1. The monoisotopic (exact) mass is 503 g/mol. The molecule has 1 aliphatic rings. The summed E-state index contributed by atoms with van der Waals surface area (Å²) in [4.78, 5) is 27.1. The third-order valence-electron chi connectivity index (χ3n) is 5.45. The Labute approximate surface area is 210 Å². The van der Waals surface area contributed by atoms with Crippen LogP contribution in [0.2, 0.25) is 0 Å². The van der Waals surface area contributed by atoms with E-state index in [-0.39, 0.29) is 29.2 Å². The largest absolute Gasteiger partial charge is 0.492 e. The van der Waals surface area contributed by atoms with Crippen LogP contribution in [0.5, 0.6) is 5.75 Å². The maximum Gasteiger partial charge on any atom is 0.261 e. The predicted octanol–water partition coefficient (Wildman–Crippen LogP) is 3.98. The van der Waals surface area contributed by atoms with Crippen LogP contribution in [0.3, 0.4) is 0 Å². The molecule has 1 heterocycles. The maximum absolute atomic E-state index is 13.1. The van der Waals surface area contributed by atoms with Crippen LogP contribution in [-0.2, 0) is 10.0 Å². The van der Waals surface area contributed by atoms with E-state index in [1.807, 2.05) is 6.07 Å². The number of carbonyl (C=O) groups is 2. The number of ether oxygens (including phenoxy) is 1. The van der Waals surface area contributed by atoms with E-state index in [1.54, 1.807) is 81.4 Å². The lowest BCUT2D eigenvalue weighted by Gasteiger charge is -2.21. The Balaban J connectivity index is 1.57. The Bertz CT molecular complexity index is 1500. The van der Waals surface area contributed by atoms with Crippen molar-refractivity contribution in [1.29, 1.82) is 5.26 Å². The Kier molecular flexibility index (Phi) is 6.67. The first-order valence-electron chi connectivity index (χ1n) is 11.3. The zero-order valence-corrected chi connectivity index (χ0v) is 20.9. The Morgan fingerprint density at radius 1 is 0.917 bits per heavy atom. The summed E-state index contributed by atoms with van der Waals surface area (Å²) < 4.78 is 34.4. The van der Waals surface area contributed by atoms with E-state index >= 15 is 0 Å². The van der Waals surface area contributed by atoms with Crippen LogP contribution in [-0.4, -0.2) is 43.8 Å². The molecule has 0 spiro atoms. The van der Waals surface area contributed by atoms with E-state index in [0.717, 1.165) is 4.90 Å². The first-order chi connectivity index (χ1) is 17.0. The molecule has 0 aliphatic carbocycles. The molecule has 3 aromatic carbocycles.